The number of aromatic nitrogens is 1. The standard InChI is InChI=1S/C24H19Cl2N3O3/c1-2-29(14-22(30)28-23-17(25)8-5-9-18(23)26)24(31)16-13-20(21-11-6-12-32-21)27-19-10-4-3-7-15(16)19/h3-13H,2,14H2,1H3,(H,28,30). The third kappa shape index (κ3) is 4.47. The molecule has 4 aromatic rings. The summed E-state index contributed by atoms with van der Waals surface area (Å²) in [6, 6.07) is 17.5. The van der Waals surface area contributed by atoms with Crippen LogP contribution >= 0.6 is 23.2 Å². The fraction of sp³-hybridized carbons (Fsp3) is 0.125. The predicted octanol–water partition coefficient (Wildman–Crippen LogP) is 5.90. The second-order valence-electron chi connectivity index (χ2n) is 7.01. The lowest BCUT2D eigenvalue weighted by molar-refractivity contribution is -0.116. The van der Waals surface area contributed by atoms with Crippen molar-refractivity contribution in [1.82, 2.24) is 9.88 Å². The van der Waals surface area contributed by atoms with Gasteiger partial charge in [-0.1, -0.05) is 47.5 Å². The SMILES string of the molecule is CCN(CC(=O)Nc1c(Cl)cccc1Cl)C(=O)c1cc(-c2ccco2)nc2ccccc12. The summed E-state index contributed by atoms with van der Waals surface area (Å²) in [6.07, 6.45) is 1.55. The molecule has 6 nitrogen and oxygen atoms in total. The lowest BCUT2D eigenvalue weighted by atomic mass is 10.1. The van der Waals surface area contributed by atoms with Gasteiger partial charge in [0.05, 0.1) is 33.1 Å². The van der Waals surface area contributed by atoms with Crippen LogP contribution in [-0.4, -0.2) is 34.8 Å². The van der Waals surface area contributed by atoms with Crippen LogP contribution in [0.5, 0.6) is 0 Å². The van der Waals surface area contributed by atoms with E-state index in [2.05, 4.69) is 10.3 Å². The number of anilines is 1. The van der Waals surface area contributed by atoms with E-state index in [0.717, 1.165) is 0 Å². The molecule has 0 bridgehead atoms. The molecule has 2 heterocycles. The van der Waals surface area contributed by atoms with E-state index in [-0.39, 0.29) is 12.5 Å². The van der Waals surface area contributed by atoms with E-state index in [1.165, 1.54) is 4.90 Å². The summed E-state index contributed by atoms with van der Waals surface area (Å²) in [5.74, 6) is -0.141. The zero-order valence-electron chi connectivity index (χ0n) is 17.1. The van der Waals surface area contributed by atoms with Gasteiger partial charge in [0.1, 0.15) is 12.2 Å². The molecule has 162 valence electrons. The van der Waals surface area contributed by atoms with Crippen molar-refractivity contribution in [2.45, 2.75) is 6.92 Å². The molecule has 0 aliphatic rings. The van der Waals surface area contributed by atoms with Crippen LogP contribution in [0.2, 0.25) is 10.0 Å². The number of halogens is 2. The number of fused-ring (bicyclic) bond motifs is 1. The van der Waals surface area contributed by atoms with E-state index in [9.17, 15) is 9.59 Å². The summed E-state index contributed by atoms with van der Waals surface area (Å²) < 4.78 is 5.47. The molecule has 0 aliphatic carbocycles. The second-order valence-corrected chi connectivity index (χ2v) is 7.83. The molecule has 2 aromatic heterocycles. The molecule has 0 unspecified atom stereocenters. The summed E-state index contributed by atoms with van der Waals surface area (Å²) in [7, 11) is 0. The highest BCUT2D eigenvalue weighted by atomic mass is 35.5. The first-order valence-corrected chi connectivity index (χ1v) is 10.7. The number of rotatable bonds is 6. The zero-order valence-corrected chi connectivity index (χ0v) is 18.7. The van der Waals surface area contributed by atoms with Crippen LogP contribution in [-0.2, 0) is 4.79 Å². The molecule has 0 radical (unpaired) electrons. The maximum Gasteiger partial charge on any atom is 0.255 e. The molecule has 2 amide bonds. The van der Waals surface area contributed by atoms with Gasteiger partial charge in [0.15, 0.2) is 5.76 Å². The van der Waals surface area contributed by atoms with Gasteiger partial charge in [-0.2, -0.15) is 0 Å². The van der Waals surface area contributed by atoms with Crippen molar-refractivity contribution in [3.63, 3.8) is 0 Å². The van der Waals surface area contributed by atoms with Crippen LogP contribution < -0.4 is 5.32 Å². The number of nitrogens with zero attached hydrogens (tertiary/aromatic N) is 2. The molecular formula is C24H19Cl2N3O3. The summed E-state index contributed by atoms with van der Waals surface area (Å²) in [4.78, 5) is 32.2. The van der Waals surface area contributed by atoms with E-state index in [0.29, 0.717) is 50.2 Å². The number of para-hydroxylation sites is 2. The number of hydrogen-bond acceptors (Lipinski definition) is 4. The quantitative estimate of drug-likeness (QED) is 0.382. The van der Waals surface area contributed by atoms with Gasteiger partial charge in [-0.05, 0) is 43.3 Å². The molecule has 0 atom stereocenters. The third-order valence-corrected chi connectivity index (χ3v) is 5.58. The van der Waals surface area contributed by atoms with Crippen LogP contribution in [0.15, 0.2) is 71.3 Å². The molecular weight excluding hydrogens is 449 g/mol. The van der Waals surface area contributed by atoms with Gasteiger partial charge < -0.3 is 14.6 Å². The lowest BCUT2D eigenvalue weighted by Crippen LogP contribution is -2.38. The van der Waals surface area contributed by atoms with Crippen molar-refractivity contribution < 1.29 is 14.0 Å². The maximum absolute atomic E-state index is 13.5. The number of furan rings is 1. The summed E-state index contributed by atoms with van der Waals surface area (Å²) in [5, 5.41) is 4.04. The van der Waals surface area contributed by atoms with Crippen molar-refractivity contribution in [3.8, 4) is 11.5 Å². The Morgan fingerprint density at radius 1 is 1.03 bits per heavy atom. The highest BCUT2D eigenvalue weighted by Gasteiger charge is 2.22. The normalized spacial score (nSPS) is 10.8. The minimum absolute atomic E-state index is 0.163. The Bertz CT molecular complexity index is 1270. The average Bonchev–Trinajstić information content (AvgIpc) is 3.34. The van der Waals surface area contributed by atoms with Gasteiger partial charge in [-0.3, -0.25) is 9.59 Å². The van der Waals surface area contributed by atoms with Crippen molar-refractivity contribution in [3.05, 3.63) is 82.5 Å². The van der Waals surface area contributed by atoms with Crippen LogP contribution in [0.3, 0.4) is 0 Å². The second kappa shape index (κ2) is 9.42. The van der Waals surface area contributed by atoms with Crippen LogP contribution in [0.4, 0.5) is 5.69 Å². The number of nitrogens with one attached hydrogen (secondary N) is 1. The number of benzene rings is 2. The third-order valence-electron chi connectivity index (χ3n) is 4.95. The largest absolute Gasteiger partial charge is 0.463 e. The van der Waals surface area contributed by atoms with E-state index in [4.69, 9.17) is 27.6 Å². The number of amides is 2. The fourth-order valence-electron chi connectivity index (χ4n) is 3.37. The number of likely N-dealkylation sites (N-methyl/N-ethyl adjacent to an activating group) is 1. The van der Waals surface area contributed by atoms with Gasteiger partial charge in [0, 0.05) is 11.9 Å². The van der Waals surface area contributed by atoms with Crippen molar-refractivity contribution in [1.29, 1.82) is 0 Å². The van der Waals surface area contributed by atoms with E-state index in [1.807, 2.05) is 31.2 Å². The Morgan fingerprint density at radius 2 is 1.78 bits per heavy atom. The molecule has 0 saturated carbocycles. The number of hydrogen-bond donors (Lipinski definition) is 1. The molecule has 8 heteroatoms. The predicted molar refractivity (Wildman–Crippen MR) is 126 cm³/mol. The molecule has 4 rings (SSSR count). The zero-order chi connectivity index (χ0) is 22.7. The van der Waals surface area contributed by atoms with Crippen LogP contribution in [0.1, 0.15) is 17.3 Å². The van der Waals surface area contributed by atoms with E-state index < -0.39 is 5.91 Å². The molecule has 2 aromatic carbocycles. The Hall–Kier alpha value is -3.35. The van der Waals surface area contributed by atoms with Crippen LogP contribution in [0.25, 0.3) is 22.4 Å². The maximum atomic E-state index is 13.5. The lowest BCUT2D eigenvalue weighted by Gasteiger charge is -2.22. The fourth-order valence-corrected chi connectivity index (χ4v) is 3.86. The minimum atomic E-state index is -0.403. The van der Waals surface area contributed by atoms with Crippen LogP contribution in [0, 0.1) is 0 Å². The average molecular weight is 468 g/mol. The summed E-state index contributed by atoms with van der Waals surface area (Å²) in [5.41, 5.74) is 1.96. The Labute approximate surface area is 194 Å². The van der Waals surface area contributed by atoms with E-state index in [1.54, 1.807) is 42.7 Å². The van der Waals surface area contributed by atoms with Gasteiger partial charge >= 0.3 is 0 Å². The Balaban J connectivity index is 1.64. The smallest absolute Gasteiger partial charge is 0.255 e. The molecule has 0 fully saturated rings. The first kappa shape index (κ1) is 21.9. The molecule has 0 aliphatic heterocycles. The van der Waals surface area contributed by atoms with E-state index >= 15 is 0 Å². The van der Waals surface area contributed by atoms with Gasteiger partial charge in [0.25, 0.3) is 5.91 Å². The van der Waals surface area contributed by atoms with Crippen molar-refractivity contribution in [2.24, 2.45) is 0 Å². The number of pyridine rings is 1. The number of carbonyl (C=O) groups is 2. The van der Waals surface area contributed by atoms with Crippen molar-refractivity contribution >= 4 is 51.6 Å². The molecule has 0 spiro atoms. The Kier molecular flexibility index (Phi) is 6.44. The highest BCUT2D eigenvalue weighted by molar-refractivity contribution is 6.39. The van der Waals surface area contributed by atoms with Gasteiger partial charge in [0.2, 0.25) is 5.91 Å². The minimum Gasteiger partial charge on any atom is -0.463 e. The monoisotopic (exact) mass is 467 g/mol. The first-order chi connectivity index (χ1) is 15.5. The van der Waals surface area contributed by atoms with Crippen molar-refractivity contribution in [2.75, 3.05) is 18.4 Å². The summed E-state index contributed by atoms with van der Waals surface area (Å²) >= 11 is 12.3. The highest BCUT2D eigenvalue weighted by Crippen LogP contribution is 2.30. The van der Waals surface area contributed by atoms with Gasteiger partial charge in [-0.25, -0.2) is 4.98 Å². The first-order valence-electron chi connectivity index (χ1n) is 9.94. The topological polar surface area (TPSA) is 75.4 Å². The molecule has 1 N–H and O–H groups in total. The summed E-state index contributed by atoms with van der Waals surface area (Å²) in [6.45, 7) is 1.98. The Morgan fingerprint density at radius 3 is 2.47 bits per heavy atom. The molecule has 0 saturated heterocycles. The van der Waals surface area contributed by atoms with Gasteiger partial charge in [-0.15, -0.1) is 0 Å². The number of carbonyl (C=O) groups excluding carboxylic acids is 2. The molecule has 32 heavy (non-hydrogen) atoms.